The Hall–Kier alpha value is -2.47. The molecule has 0 spiro atoms. The van der Waals surface area contributed by atoms with Crippen molar-refractivity contribution in [1.82, 2.24) is 9.97 Å². The highest BCUT2D eigenvalue weighted by Gasteiger charge is 2.24. The fourth-order valence-electron chi connectivity index (χ4n) is 2.93. The summed E-state index contributed by atoms with van der Waals surface area (Å²) >= 11 is 0. The van der Waals surface area contributed by atoms with E-state index >= 15 is 0 Å². The molecule has 0 aliphatic carbocycles. The molecule has 0 saturated heterocycles. The number of carbonyl (C=O) groups excluding carboxylic acids is 1. The van der Waals surface area contributed by atoms with Gasteiger partial charge >= 0.3 is 0 Å². The lowest BCUT2D eigenvalue weighted by atomic mass is 10.0. The first-order valence-electron chi connectivity index (χ1n) is 8.17. The number of carbonyl (C=O) groups is 1. The van der Waals surface area contributed by atoms with Crippen LogP contribution in [0.15, 0.2) is 30.3 Å². The van der Waals surface area contributed by atoms with E-state index in [-0.39, 0.29) is 5.91 Å². The third kappa shape index (κ3) is 3.54. The van der Waals surface area contributed by atoms with E-state index in [1.165, 1.54) is 5.56 Å². The van der Waals surface area contributed by atoms with Crippen LogP contribution in [0.5, 0.6) is 0 Å². The molecular weight excluding hydrogens is 304 g/mol. The van der Waals surface area contributed by atoms with Crippen LogP contribution in [-0.2, 0) is 11.2 Å². The Balaban J connectivity index is 1.85. The van der Waals surface area contributed by atoms with Crippen molar-refractivity contribution in [3.63, 3.8) is 0 Å². The minimum absolute atomic E-state index is 0.0811. The zero-order chi connectivity index (χ0) is 16.9. The molecule has 6 heteroatoms. The van der Waals surface area contributed by atoms with Gasteiger partial charge < -0.3 is 15.0 Å². The summed E-state index contributed by atoms with van der Waals surface area (Å²) in [7, 11) is 1.65. The van der Waals surface area contributed by atoms with E-state index in [0.717, 1.165) is 18.5 Å². The smallest absolute Gasteiger partial charge is 0.277 e. The van der Waals surface area contributed by atoms with Crippen molar-refractivity contribution in [2.75, 3.05) is 37.0 Å². The number of aryl methyl sites for hydroxylation is 2. The van der Waals surface area contributed by atoms with Crippen molar-refractivity contribution < 1.29 is 9.53 Å². The highest BCUT2D eigenvalue weighted by Crippen LogP contribution is 2.28. The van der Waals surface area contributed by atoms with Gasteiger partial charge in [-0.25, -0.2) is 9.97 Å². The van der Waals surface area contributed by atoms with Crippen molar-refractivity contribution >= 4 is 17.4 Å². The highest BCUT2D eigenvalue weighted by atomic mass is 16.5. The zero-order valence-electron chi connectivity index (χ0n) is 14.1. The summed E-state index contributed by atoms with van der Waals surface area (Å²) in [5.41, 5.74) is 2.61. The Bertz CT molecular complexity index is 733. The number of anilines is 2. The second kappa shape index (κ2) is 7.40. The SMILES string of the molecule is COCCNc1cc(C(=O)N2CCCc3ccccc32)nc(C)n1. The Morgan fingerprint density at radius 3 is 3.00 bits per heavy atom. The van der Waals surface area contributed by atoms with Crippen LogP contribution in [0, 0.1) is 6.92 Å². The first kappa shape index (κ1) is 16.4. The number of fused-ring (bicyclic) bond motifs is 1. The van der Waals surface area contributed by atoms with E-state index in [4.69, 9.17) is 4.74 Å². The van der Waals surface area contributed by atoms with Crippen molar-refractivity contribution in [2.24, 2.45) is 0 Å². The van der Waals surface area contributed by atoms with Gasteiger partial charge in [0.15, 0.2) is 0 Å². The molecule has 0 bridgehead atoms. The van der Waals surface area contributed by atoms with Crippen molar-refractivity contribution in [3.05, 3.63) is 47.4 Å². The number of rotatable bonds is 5. The number of nitrogens with one attached hydrogen (secondary N) is 1. The number of nitrogens with zero attached hydrogens (tertiary/aromatic N) is 3. The van der Waals surface area contributed by atoms with E-state index in [0.29, 0.717) is 37.0 Å². The molecule has 24 heavy (non-hydrogen) atoms. The number of amides is 1. The van der Waals surface area contributed by atoms with Gasteiger partial charge in [0, 0.05) is 32.0 Å². The van der Waals surface area contributed by atoms with Gasteiger partial charge in [-0.2, -0.15) is 0 Å². The Morgan fingerprint density at radius 1 is 1.33 bits per heavy atom. The average Bonchev–Trinajstić information content (AvgIpc) is 2.60. The van der Waals surface area contributed by atoms with E-state index in [1.807, 2.05) is 23.1 Å². The predicted octanol–water partition coefficient (Wildman–Crippen LogP) is 2.44. The first-order chi connectivity index (χ1) is 11.7. The zero-order valence-corrected chi connectivity index (χ0v) is 14.1. The quantitative estimate of drug-likeness (QED) is 0.855. The number of hydrogen-bond donors (Lipinski definition) is 1. The maximum absolute atomic E-state index is 13.0. The summed E-state index contributed by atoms with van der Waals surface area (Å²) in [6.45, 7) is 3.72. The molecule has 6 nitrogen and oxygen atoms in total. The van der Waals surface area contributed by atoms with Crippen molar-refractivity contribution in [3.8, 4) is 0 Å². The lowest BCUT2D eigenvalue weighted by Crippen LogP contribution is -2.36. The molecule has 126 valence electrons. The van der Waals surface area contributed by atoms with Gasteiger partial charge in [0.05, 0.1) is 6.61 Å². The first-order valence-corrected chi connectivity index (χ1v) is 8.17. The van der Waals surface area contributed by atoms with E-state index in [1.54, 1.807) is 20.1 Å². The fourth-order valence-corrected chi connectivity index (χ4v) is 2.93. The lowest BCUT2D eigenvalue weighted by Gasteiger charge is -2.29. The summed E-state index contributed by atoms with van der Waals surface area (Å²) < 4.78 is 5.02. The molecule has 1 aromatic heterocycles. The molecular formula is C18H22N4O2. The summed E-state index contributed by atoms with van der Waals surface area (Å²) in [6.07, 6.45) is 1.97. The molecule has 1 amide bonds. The molecule has 0 atom stereocenters. The van der Waals surface area contributed by atoms with Crippen molar-refractivity contribution in [2.45, 2.75) is 19.8 Å². The molecule has 0 saturated carbocycles. The maximum Gasteiger partial charge on any atom is 0.277 e. The molecule has 0 unspecified atom stereocenters. The van der Waals surface area contributed by atoms with Crippen LogP contribution in [-0.4, -0.2) is 42.7 Å². The van der Waals surface area contributed by atoms with Gasteiger partial charge in [0.1, 0.15) is 17.3 Å². The topological polar surface area (TPSA) is 67.3 Å². The van der Waals surface area contributed by atoms with Crippen molar-refractivity contribution in [1.29, 1.82) is 0 Å². The number of methoxy groups -OCH3 is 1. The molecule has 0 radical (unpaired) electrons. The Morgan fingerprint density at radius 2 is 2.17 bits per heavy atom. The largest absolute Gasteiger partial charge is 0.383 e. The minimum atomic E-state index is -0.0811. The molecule has 1 aliphatic heterocycles. The van der Waals surface area contributed by atoms with Gasteiger partial charge in [-0.15, -0.1) is 0 Å². The van der Waals surface area contributed by atoms with Crippen LogP contribution in [0.4, 0.5) is 11.5 Å². The van der Waals surface area contributed by atoms with E-state index in [2.05, 4.69) is 21.4 Å². The minimum Gasteiger partial charge on any atom is -0.383 e. The van der Waals surface area contributed by atoms with Crippen LogP contribution in [0.3, 0.4) is 0 Å². The number of ether oxygens (including phenoxy) is 1. The molecule has 1 aromatic carbocycles. The monoisotopic (exact) mass is 326 g/mol. The van der Waals surface area contributed by atoms with Gasteiger partial charge in [-0.3, -0.25) is 4.79 Å². The third-order valence-electron chi connectivity index (χ3n) is 4.02. The number of benzene rings is 1. The molecule has 1 aliphatic rings. The van der Waals surface area contributed by atoms with Crippen LogP contribution < -0.4 is 10.2 Å². The van der Waals surface area contributed by atoms with Crippen LogP contribution in [0.2, 0.25) is 0 Å². The lowest BCUT2D eigenvalue weighted by molar-refractivity contribution is 0.0980. The van der Waals surface area contributed by atoms with E-state index in [9.17, 15) is 4.79 Å². The molecule has 0 fully saturated rings. The Kier molecular flexibility index (Phi) is 5.05. The highest BCUT2D eigenvalue weighted by molar-refractivity contribution is 6.05. The summed E-state index contributed by atoms with van der Waals surface area (Å²) in [5, 5.41) is 3.16. The average molecular weight is 326 g/mol. The maximum atomic E-state index is 13.0. The van der Waals surface area contributed by atoms with Crippen LogP contribution in [0.25, 0.3) is 0 Å². The fraction of sp³-hybridized carbons (Fsp3) is 0.389. The third-order valence-corrected chi connectivity index (χ3v) is 4.02. The second-order valence-corrected chi connectivity index (χ2v) is 5.79. The summed E-state index contributed by atoms with van der Waals surface area (Å²) in [6, 6.07) is 9.77. The van der Waals surface area contributed by atoms with E-state index < -0.39 is 0 Å². The second-order valence-electron chi connectivity index (χ2n) is 5.79. The molecule has 1 N–H and O–H groups in total. The normalized spacial score (nSPS) is 13.5. The van der Waals surface area contributed by atoms with Gasteiger partial charge in [0.25, 0.3) is 5.91 Å². The standard InChI is InChI=1S/C18H22N4O2/c1-13-20-15(12-17(21-13)19-9-11-24-2)18(23)22-10-5-7-14-6-3-4-8-16(14)22/h3-4,6,8,12H,5,7,9-11H2,1-2H3,(H,19,20,21). The summed E-state index contributed by atoms with van der Waals surface area (Å²) in [5.74, 6) is 1.14. The van der Waals surface area contributed by atoms with Crippen LogP contribution in [0.1, 0.15) is 28.3 Å². The summed E-state index contributed by atoms with van der Waals surface area (Å²) in [4.78, 5) is 23.5. The number of aromatic nitrogens is 2. The number of hydrogen-bond acceptors (Lipinski definition) is 5. The predicted molar refractivity (Wildman–Crippen MR) is 93.6 cm³/mol. The van der Waals surface area contributed by atoms with Crippen LogP contribution >= 0.6 is 0 Å². The Labute approximate surface area is 141 Å². The molecule has 2 aromatic rings. The van der Waals surface area contributed by atoms with Gasteiger partial charge in [0.2, 0.25) is 0 Å². The number of para-hydroxylation sites is 1. The van der Waals surface area contributed by atoms with Gasteiger partial charge in [-0.05, 0) is 31.4 Å². The van der Waals surface area contributed by atoms with Gasteiger partial charge in [-0.1, -0.05) is 18.2 Å². The molecule has 2 heterocycles. The molecule has 3 rings (SSSR count).